The van der Waals surface area contributed by atoms with Gasteiger partial charge in [0.05, 0.1) is 18.6 Å². The molecule has 0 aliphatic carbocycles. The van der Waals surface area contributed by atoms with Crippen molar-refractivity contribution in [2.75, 3.05) is 5.73 Å². The predicted molar refractivity (Wildman–Crippen MR) is 77.1 cm³/mol. The lowest BCUT2D eigenvalue weighted by molar-refractivity contribution is -0.0756. The minimum Gasteiger partial charge on any atom is -0.391 e. The molecule has 5 atom stereocenters. The summed E-state index contributed by atoms with van der Waals surface area (Å²) in [6.45, 7) is 1.49. The largest absolute Gasteiger partial charge is 0.391 e. The van der Waals surface area contributed by atoms with E-state index in [0.717, 1.165) is 0 Å². The van der Waals surface area contributed by atoms with E-state index in [4.69, 9.17) is 22.6 Å². The fourth-order valence-corrected chi connectivity index (χ4v) is 2.60. The van der Waals surface area contributed by atoms with Gasteiger partial charge in [0, 0.05) is 0 Å². The molecule has 3 heterocycles. The summed E-state index contributed by atoms with van der Waals surface area (Å²) in [7, 11) is 0. The zero-order chi connectivity index (χ0) is 16.1. The molecule has 0 aromatic carbocycles. The molecule has 1 fully saturated rings. The smallest absolute Gasteiger partial charge is 0.222 e. The van der Waals surface area contributed by atoms with Gasteiger partial charge in [-0.25, -0.2) is 9.97 Å². The van der Waals surface area contributed by atoms with Crippen molar-refractivity contribution >= 4 is 17.1 Å². The molecule has 9 heteroatoms. The molecule has 2 aromatic heterocycles. The number of nitrogens with two attached hydrogens (primary N) is 2. The third kappa shape index (κ3) is 1.93. The minimum atomic E-state index is -1.55. The number of ether oxygens (including phenoxy) is 1. The monoisotopic (exact) mass is 304 g/mol. The van der Waals surface area contributed by atoms with E-state index in [9.17, 15) is 10.2 Å². The molecule has 0 spiro atoms. The van der Waals surface area contributed by atoms with E-state index >= 15 is 0 Å². The van der Waals surface area contributed by atoms with E-state index in [2.05, 4.69) is 20.9 Å². The molecule has 22 heavy (non-hydrogen) atoms. The highest BCUT2D eigenvalue weighted by Crippen LogP contribution is 2.38. The first-order valence-corrected chi connectivity index (χ1v) is 6.61. The number of hydrogen-bond donors (Lipinski definition) is 4. The van der Waals surface area contributed by atoms with Crippen molar-refractivity contribution in [3.8, 4) is 12.3 Å². The number of anilines is 1. The van der Waals surface area contributed by atoms with Gasteiger partial charge in [-0.2, -0.15) is 4.98 Å². The van der Waals surface area contributed by atoms with Crippen molar-refractivity contribution in [2.24, 2.45) is 5.73 Å². The van der Waals surface area contributed by atoms with Crippen molar-refractivity contribution in [2.45, 2.75) is 37.0 Å². The summed E-state index contributed by atoms with van der Waals surface area (Å²) in [6.07, 6.45) is 4.31. The number of aliphatic hydroxyl groups is 2. The molecule has 3 rings (SSSR count). The molecule has 1 aliphatic heterocycles. The lowest BCUT2D eigenvalue weighted by Gasteiger charge is -2.27. The second-order valence-electron chi connectivity index (χ2n) is 5.30. The van der Waals surface area contributed by atoms with Crippen LogP contribution >= 0.6 is 0 Å². The number of hydrogen-bond acceptors (Lipinski definition) is 8. The van der Waals surface area contributed by atoms with Crippen LogP contribution in [0.2, 0.25) is 0 Å². The van der Waals surface area contributed by atoms with Crippen LogP contribution < -0.4 is 11.5 Å². The molecular weight excluding hydrogens is 288 g/mol. The number of fused-ring (bicyclic) bond motifs is 1. The maximum absolute atomic E-state index is 10.3. The number of rotatable bonds is 2. The first-order chi connectivity index (χ1) is 10.4. The van der Waals surface area contributed by atoms with Gasteiger partial charge < -0.3 is 26.4 Å². The third-order valence-corrected chi connectivity index (χ3v) is 3.81. The second kappa shape index (κ2) is 4.89. The summed E-state index contributed by atoms with van der Waals surface area (Å²) >= 11 is 0. The van der Waals surface area contributed by atoms with Crippen molar-refractivity contribution in [3.63, 3.8) is 0 Å². The third-order valence-electron chi connectivity index (χ3n) is 3.81. The van der Waals surface area contributed by atoms with E-state index in [0.29, 0.717) is 11.2 Å². The highest BCUT2D eigenvalue weighted by molar-refractivity contribution is 5.70. The summed E-state index contributed by atoms with van der Waals surface area (Å²) in [6, 6.07) is 0. The van der Waals surface area contributed by atoms with Gasteiger partial charge in [-0.1, -0.05) is 5.92 Å². The van der Waals surface area contributed by atoms with Crippen LogP contribution in [0, 0.1) is 12.3 Å². The summed E-state index contributed by atoms with van der Waals surface area (Å²) in [5.74, 6) is 2.42. The Morgan fingerprint density at radius 2 is 2.27 bits per heavy atom. The Balaban J connectivity index is 2.13. The molecule has 116 valence electrons. The Labute approximate surface area is 125 Å². The minimum absolute atomic E-state index is 0.0585. The van der Waals surface area contributed by atoms with E-state index in [1.165, 1.54) is 24.0 Å². The summed E-state index contributed by atoms with van der Waals surface area (Å²) in [5, 5.41) is 20.1. The molecule has 1 aliphatic rings. The first kappa shape index (κ1) is 14.7. The van der Waals surface area contributed by atoms with E-state index < -0.39 is 30.1 Å². The number of aliphatic hydroxyl groups excluding tert-OH is 2. The van der Waals surface area contributed by atoms with Crippen LogP contribution in [0.3, 0.4) is 0 Å². The Morgan fingerprint density at radius 1 is 1.55 bits per heavy atom. The van der Waals surface area contributed by atoms with E-state index in [1.807, 2.05) is 0 Å². The number of nitrogen functional groups attached to an aromatic ring is 1. The second-order valence-corrected chi connectivity index (χ2v) is 5.30. The van der Waals surface area contributed by atoms with Gasteiger partial charge in [-0.05, 0) is 6.92 Å². The normalized spacial score (nSPS) is 33.0. The standard InChI is InChI=1S/C13H16N6O3/c1-3-13(15)9(21)8(6(2)20)22-11(13)19-5-17-7-4-16-12(14)18-10(7)19/h1,4-6,8-9,11,20-21H,15H2,2H3,(H2,14,16,18)/t6-,8+,9?,11+,13+/m0/s1. The fraction of sp³-hybridized carbons (Fsp3) is 0.462. The zero-order valence-electron chi connectivity index (χ0n) is 11.8. The predicted octanol–water partition coefficient (Wildman–Crippen LogP) is -1.62. The summed E-state index contributed by atoms with van der Waals surface area (Å²) in [4.78, 5) is 12.1. The number of terminal acetylenes is 1. The topological polar surface area (TPSA) is 145 Å². The molecule has 9 nitrogen and oxygen atoms in total. The summed E-state index contributed by atoms with van der Waals surface area (Å²) < 4.78 is 7.17. The Morgan fingerprint density at radius 3 is 2.91 bits per heavy atom. The van der Waals surface area contributed by atoms with Crippen LogP contribution in [0.25, 0.3) is 11.2 Å². The molecule has 1 unspecified atom stereocenters. The molecule has 6 N–H and O–H groups in total. The molecule has 0 radical (unpaired) electrons. The Kier molecular flexibility index (Phi) is 3.26. The lowest BCUT2D eigenvalue weighted by Crippen LogP contribution is -2.54. The van der Waals surface area contributed by atoms with Crippen LogP contribution in [-0.2, 0) is 4.74 Å². The zero-order valence-corrected chi connectivity index (χ0v) is 11.8. The van der Waals surface area contributed by atoms with Gasteiger partial charge in [-0.3, -0.25) is 4.57 Å². The first-order valence-electron chi connectivity index (χ1n) is 6.61. The van der Waals surface area contributed by atoms with Crippen molar-refractivity contribution in [3.05, 3.63) is 12.5 Å². The molecule has 0 bridgehead atoms. The lowest BCUT2D eigenvalue weighted by atomic mass is 9.90. The van der Waals surface area contributed by atoms with E-state index in [1.54, 1.807) is 0 Å². The van der Waals surface area contributed by atoms with E-state index in [-0.39, 0.29) is 5.95 Å². The maximum atomic E-state index is 10.3. The number of nitrogens with zero attached hydrogens (tertiary/aromatic N) is 4. The molecular formula is C13H16N6O3. The van der Waals surface area contributed by atoms with Crippen molar-refractivity contribution in [1.82, 2.24) is 19.5 Å². The Hall–Kier alpha value is -2.25. The molecule has 0 amide bonds. The Bertz CT molecular complexity index is 754. The van der Waals surface area contributed by atoms with Gasteiger partial charge in [-0.15, -0.1) is 6.42 Å². The van der Waals surface area contributed by atoms with Crippen molar-refractivity contribution in [1.29, 1.82) is 0 Å². The van der Waals surface area contributed by atoms with Crippen LogP contribution in [0.5, 0.6) is 0 Å². The van der Waals surface area contributed by atoms with Crippen molar-refractivity contribution < 1.29 is 14.9 Å². The fourth-order valence-electron chi connectivity index (χ4n) is 2.60. The van der Waals surface area contributed by atoms with Gasteiger partial charge >= 0.3 is 0 Å². The number of imidazole rings is 1. The highest BCUT2D eigenvalue weighted by Gasteiger charge is 2.55. The average Bonchev–Trinajstić information content (AvgIpc) is 2.99. The van der Waals surface area contributed by atoms with Gasteiger partial charge in [0.2, 0.25) is 5.95 Å². The highest BCUT2D eigenvalue weighted by atomic mass is 16.5. The van der Waals surface area contributed by atoms with Crippen LogP contribution in [0.15, 0.2) is 12.5 Å². The molecule has 0 saturated carbocycles. The molecule has 1 saturated heterocycles. The SMILES string of the molecule is C#C[C@@]1(N)C(O)[C@@H]([C@H](C)O)O[C@H]1n1cnc2cnc(N)nc21. The van der Waals surface area contributed by atoms with Crippen LogP contribution in [0.1, 0.15) is 13.2 Å². The van der Waals surface area contributed by atoms with Gasteiger partial charge in [0.25, 0.3) is 0 Å². The quantitative estimate of drug-likeness (QED) is 0.484. The average molecular weight is 304 g/mol. The number of aromatic nitrogens is 4. The van der Waals surface area contributed by atoms with Crippen LogP contribution in [-0.4, -0.2) is 53.6 Å². The summed E-state index contributed by atoms with van der Waals surface area (Å²) in [5.41, 5.74) is 11.0. The van der Waals surface area contributed by atoms with Gasteiger partial charge in [0.1, 0.15) is 17.7 Å². The van der Waals surface area contributed by atoms with Crippen LogP contribution in [0.4, 0.5) is 5.95 Å². The molecule has 2 aromatic rings. The maximum Gasteiger partial charge on any atom is 0.222 e. The van der Waals surface area contributed by atoms with Gasteiger partial charge in [0.15, 0.2) is 17.4 Å².